The molecule has 2 saturated heterocycles. The lowest BCUT2D eigenvalue weighted by Crippen LogP contribution is -2.34. The third-order valence-electron chi connectivity index (χ3n) is 5.02. The molecule has 2 fully saturated rings. The van der Waals surface area contributed by atoms with Crippen LogP contribution in [0.4, 0.5) is 10.3 Å². The second-order valence-electron chi connectivity index (χ2n) is 6.58. The summed E-state index contributed by atoms with van der Waals surface area (Å²) in [7, 11) is -2.26. The summed E-state index contributed by atoms with van der Waals surface area (Å²) in [6.45, 7) is 2.09. The smallest absolute Gasteiger partial charge is 0.246 e. The fraction of sp³-hybridized carbons (Fsp3) is 0.412. The van der Waals surface area contributed by atoms with Crippen LogP contribution in [0.25, 0.3) is 0 Å². The molecule has 9 heteroatoms. The molecule has 0 aliphatic carbocycles. The molecule has 7 nitrogen and oxygen atoms in total. The summed E-state index contributed by atoms with van der Waals surface area (Å²) in [6.07, 6.45) is 1.64. The minimum atomic E-state index is -3.82. The predicted octanol–water partition coefficient (Wildman–Crippen LogP) is 1.38. The topological polar surface area (TPSA) is 75.6 Å². The van der Waals surface area contributed by atoms with Gasteiger partial charge in [-0.3, -0.25) is 0 Å². The lowest BCUT2D eigenvalue weighted by Gasteiger charge is -2.21. The summed E-state index contributed by atoms with van der Waals surface area (Å²) < 4.78 is 46.0. The zero-order chi connectivity index (χ0) is 18.3. The lowest BCUT2D eigenvalue weighted by atomic mass is 10.0. The van der Waals surface area contributed by atoms with Gasteiger partial charge in [-0.2, -0.15) is 9.29 Å². The van der Waals surface area contributed by atoms with Crippen LogP contribution in [0.5, 0.6) is 5.88 Å². The van der Waals surface area contributed by atoms with Crippen molar-refractivity contribution < 1.29 is 17.5 Å². The van der Waals surface area contributed by atoms with Crippen LogP contribution in [0.15, 0.2) is 41.4 Å². The molecule has 2 unspecified atom stereocenters. The Morgan fingerprint density at radius 3 is 2.46 bits per heavy atom. The van der Waals surface area contributed by atoms with E-state index in [9.17, 15) is 12.8 Å². The molecule has 26 heavy (non-hydrogen) atoms. The van der Waals surface area contributed by atoms with Gasteiger partial charge in [0.05, 0.1) is 7.11 Å². The van der Waals surface area contributed by atoms with Gasteiger partial charge in [0.25, 0.3) is 0 Å². The summed E-state index contributed by atoms with van der Waals surface area (Å²) in [5.74, 6) is 0.715. The Morgan fingerprint density at radius 2 is 1.81 bits per heavy atom. The second-order valence-corrected chi connectivity index (χ2v) is 8.48. The van der Waals surface area contributed by atoms with E-state index in [1.165, 1.54) is 28.6 Å². The molecular formula is C17H19FN4O3S. The van der Waals surface area contributed by atoms with Crippen LogP contribution in [0.2, 0.25) is 0 Å². The highest BCUT2D eigenvalue weighted by molar-refractivity contribution is 7.89. The van der Waals surface area contributed by atoms with Gasteiger partial charge in [-0.25, -0.2) is 17.8 Å². The van der Waals surface area contributed by atoms with Gasteiger partial charge in [-0.05, 0) is 24.0 Å². The Hall–Kier alpha value is -2.26. The number of halogens is 1. The Morgan fingerprint density at radius 1 is 1.12 bits per heavy atom. The van der Waals surface area contributed by atoms with Crippen LogP contribution in [0.3, 0.4) is 0 Å². The Kier molecular flexibility index (Phi) is 4.28. The number of ether oxygens (including phenoxy) is 1. The quantitative estimate of drug-likeness (QED) is 0.800. The van der Waals surface area contributed by atoms with Crippen molar-refractivity contribution in [3.63, 3.8) is 0 Å². The summed E-state index contributed by atoms with van der Waals surface area (Å²) in [5.41, 5.74) is 0. The number of anilines is 1. The Balaban J connectivity index is 1.49. The zero-order valence-electron chi connectivity index (χ0n) is 14.2. The van der Waals surface area contributed by atoms with Crippen molar-refractivity contribution in [1.82, 2.24) is 14.3 Å². The number of hydrogen-bond donors (Lipinski definition) is 0. The fourth-order valence-corrected chi connectivity index (χ4v) is 5.32. The number of sulfonamides is 1. The van der Waals surface area contributed by atoms with E-state index in [2.05, 4.69) is 9.97 Å². The minimum Gasteiger partial charge on any atom is -0.481 e. The summed E-state index contributed by atoms with van der Waals surface area (Å²) in [6, 6.07) is 7.19. The first kappa shape index (κ1) is 17.2. The molecule has 0 amide bonds. The van der Waals surface area contributed by atoms with Gasteiger partial charge in [0.15, 0.2) is 0 Å². The molecule has 2 aliphatic heterocycles. The molecule has 3 heterocycles. The Labute approximate surface area is 151 Å². The summed E-state index contributed by atoms with van der Waals surface area (Å²) >= 11 is 0. The summed E-state index contributed by atoms with van der Waals surface area (Å²) in [5, 5.41) is 0. The maximum Gasteiger partial charge on any atom is 0.246 e. The monoisotopic (exact) mass is 378 g/mol. The maximum atomic E-state index is 13.9. The van der Waals surface area contributed by atoms with Crippen molar-refractivity contribution in [2.45, 2.75) is 4.90 Å². The number of fused-ring (bicyclic) bond motifs is 1. The minimum absolute atomic E-state index is 0.173. The van der Waals surface area contributed by atoms with E-state index in [0.29, 0.717) is 38.0 Å². The number of aromatic nitrogens is 2. The molecule has 4 rings (SSSR count). The maximum absolute atomic E-state index is 13.9. The van der Waals surface area contributed by atoms with Crippen molar-refractivity contribution >= 4 is 16.0 Å². The van der Waals surface area contributed by atoms with Crippen LogP contribution in [0, 0.1) is 17.7 Å². The van der Waals surface area contributed by atoms with Gasteiger partial charge < -0.3 is 9.64 Å². The van der Waals surface area contributed by atoms with E-state index in [0.717, 1.165) is 0 Å². The highest BCUT2D eigenvalue weighted by atomic mass is 32.2. The van der Waals surface area contributed by atoms with E-state index in [-0.39, 0.29) is 16.7 Å². The largest absolute Gasteiger partial charge is 0.481 e. The van der Waals surface area contributed by atoms with Crippen LogP contribution in [0.1, 0.15) is 0 Å². The average molecular weight is 378 g/mol. The van der Waals surface area contributed by atoms with Crippen LogP contribution in [-0.2, 0) is 10.0 Å². The molecule has 0 saturated carbocycles. The molecule has 0 N–H and O–H groups in total. The highest BCUT2D eigenvalue weighted by Gasteiger charge is 2.45. The SMILES string of the molecule is COc1ccnc(N2CC3CN(S(=O)(=O)c4ccccc4F)CC3C2)n1. The van der Waals surface area contributed by atoms with Crippen LogP contribution in [-0.4, -0.2) is 56.0 Å². The first-order valence-electron chi connectivity index (χ1n) is 8.35. The van der Waals surface area contributed by atoms with Gasteiger partial charge in [-0.1, -0.05) is 12.1 Å². The van der Waals surface area contributed by atoms with E-state index in [4.69, 9.17) is 4.74 Å². The van der Waals surface area contributed by atoms with Crippen LogP contribution < -0.4 is 9.64 Å². The number of benzene rings is 1. The summed E-state index contributed by atoms with van der Waals surface area (Å²) in [4.78, 5) is 10.4. The molecule has 2 aliphatic rings. The molecule has 1 aromatic carbocycles. The van der Waals surface area contributed by atoms with E-state index >= 15 is 0 Å². The zero-order valence-corrected chi connectivity index (χ0v) is 15.1. The number of rotatable bonds is 4. The van der Waals surface area contributed by atoms with Crippen molar-refractivity contribution in [2.75, 3.05) is 38.2 Å². The predicted molar refractivity (Wildman–Crippen MR) is 92.9 cm³/mol. The third-order valence-corrected chi connectivity index (χ3v) is 6.88. The number of nitrogens with zero attached hydrogens (tertiary/aromatic N) is 4. The number of methoxy groups -OCH3 is 1. The van der Waals surface area contributed by atoms with Crippen LogP contribution >= 0.6 is 0 Å². The van der Waals surface area contributed by atoms with Crippen molar-refractivity contribution in [2.24, 2.45) is 11.8 Å². The second kappa shape index (κ2) is 6.48. The average Bonchev–Trinajstić information content (AvgIpc) is 3.21. The number of hydrogen-bond acceptors (Lipinski definition) is 6. The normalized spacial score (nSPS) is 23.2. The van der Waals surface area contributed by atoms with Crippen molar-refractivity contribution in [3.8, 4) is 5.88 Å². The molecule has 138 valence electrons. The molecule has 1 aromatic heterocycles. The van der Waals surface area contributed by atoms with Gasteiger partial charge in [0, 0.05) is 38.4 Å². The van der Waals surface area contributed by atoms with Gasteiger partial charge >= 0.3 is 0 Å². The van der Waals surface area contributed by atoms with Gasteiger partial charge in [0.1, 0.15) is 10.7 Å². The van der Waals surface area contributed by atoms with E-state index in [1.807, 2.05) is 4.90 Å². The first-order chi connectivity index (χ1) is 12.5. The standard InChI is InChI=1S/C17H19FN4O3S/c1-25-16-6-7-19-17(20-16)21-8-12-10-22(11-13(12)9-21)26(23,24)15-5-3-2-4-14(15)18/h2-7,12-13H,8-11H2,1H3. The molecule has 0 radical (unpaired) electrons. The van der Waals surface area contributed by atoms with Crippen molar-refractivity contribution in [3.05, 3.63) is 42.3 Å². The third kappa shape index (κ3) is 2.90. The molecule has 2 aromatic rings. The van der Waals surface area contributed by atoms with E-state index in [1.54, 1.807) is 19.4 Å². The van der Waals surface area contributed by atoms with Gasteiger partial charge in [0.2, 0.25) is 21.9 Å². The Bertz CT molecular complexity index is 910. The molecule has 2 atom stereocenters. The van der Waals surface area contributed by atoms with Gasteiger partial charge in [-0.15, -0.1) is 0 Å². The molecule has 0 spiro atoms. The van der Waals surface area contributed by atoms with E-state index < -0.39 is 15.8 Å². The first-order valence-corrected chi connectivity index (χ1v) is 9.79. The molecular weight excluding hydrogens is 359 g/mol. The van der Waals surface area contributed by atoms with Crippen molar-refractivity contribution in [1.29, 1.82) is 0 Å². The highest BCUT2D eigenvalue weighted by Crippen LogP contribution is 2.36. The fourth-order valence-electron chi connectivity index (χ4n) is 3.70. The molecule has 0 bridgehead atoms. The lowest BCUT2D eigenvalue weighted by molar-refractivity contribution is 0.396.